The lowest BCUT2D eigenvalue weighted by molar-refractivity contribution is -0.120. The molecule has 0 saturated carbocycles. The highest BCUT2D eigenvalue weighted by molar-refractivity contribution is 6.30. The average Bonchev–Trinajstić information content (AvgIpc) is 3.23. The van der Waals surface area contributed by atoms with Crippen LogP contribution in [0.15, 0.2) is 52.9 Å². The molecule has 0 aliphatic heterocycles. The summed E-state index contributed by atoms with van der Waals surface area (Å²) in [7, 11) is 3.11. The Labute approximate surface area is 184 Å². The van der Waals surface area contributed by atoms with Gasteiger partial charge in [0.05, 0.1) is 7.11 Å². The minimum atomic E-state index is -0.619. The topological polar surface area (TPSA) is 118 Å². The number of nitrogens with zero attached hydrogens (tertiary/aromatic N) is 2. The molecule has 1 unspecified atom stereocenters. The molecule has 3 N–H and O–H groups in total. The van der Waals surface area contributed by atoms with Crippen molar-refractivity contribution in [2.45, 2.75) is 18.9 Å². The Kier molecular flexibility index (Phi) is 7.45. The van der Waals surface area contributed by atoms with Crippen LogP contribution in [-0.4, -0.2) is 36.3 Å². The van der Waals surface area contributed by atoms with E-state index in [1.165, 1.54) is 7.05 Å². The third-order valence-electron chi connectivity index (χ3n) is 4.38. The molecule has 31 heavy (non-hydrogen) atoms. The number of likely N-dealkylation sites (N-methyl/N-ethyl adjacent to an activating group) is 1. The minimum Gasteiger partial charge on any atom is -0.497 e. The Morgan fingerprint density at radius 3 is 2.45 bits per heavy atom. The lowest BCUT2D eigenvalue weighted by atomic mass is 10.1. The number of urea groups is 1. The van der Waals surface area contributed by atoms with Gasteiger partial charge in [0, 0.05) is 24.2 Å². The first kappa shape index (κ1) is 22.1. The molecule has 2 aromatic carbocycles. The van der Waals surface area contributed by atoms with Gasteiger partial charge in [0.1, 0.15) is 18.2 Å². The van der Waals surface area contributed by atoms with Crippen LogP contribution >= 0.6 is 11.6 Å². The maximum absolute atomic E-state index is 12.6. The largest absolute Gasteiger partial charge is 0.497 e. The molecule has 162 valence electrons. The summed E-state index contributed by atoms with van der Waals surface area (Å²) in [5.41, 5.74) is 1.50. The number of carbonyl (C=O) groups excluding carboxylic acids is 2. The van der Waals surface area contributed by atoms with Crippen LogP contribution in [-0.2, 0) is 17.6 Å². The lowest BCUT2D eigenvalue weighted by Gasteiger charge is -2.16. The number of benzene rings is 2. The number of hydrogen-bond donors (Lipinski definition) is 3. The van der Waals surface area contributed by atoms with Crippen LogP contribution in [0.1, 0.15) is 23.4 Å². The van der Waals surface area contributed by atoms with Gasteiger partial charge >= 0.3 is 6.03 Å². The number of aromatic nitrogens is 2. The van der Waals surface area contributed by atoms with Crippen molar-refractivity contribution in [1.29, 1.82) is 0 Å². The van der Waals surface area contributed by atoms with Crippen molar-refractivity contribution in [3.05, 3.63) is 70.9 Å². The smallest absolute Gasteiger partial charge is 0.319 e. The number of ether oxygens (including phenoxy) is 1. The van der Waals surface area contributed by atoms with Crippen LogP contribution in [0.4, 0.5) is 10.5 Å². The van der Waals surface area contributed by atoms with Crippen LogP contribution < -0.4 is 20.7 Å². The van der Waals surface area contributed by atoms with Gasteiger partial charge in [0.25, 0.3) is 0 Å². The Morgan fingerprint density at radius 2 is 1.81 bits per heavy atom. The maximum Gasteiger partial charge on any atom is 0.319 e. The molecule has 10 heteroatoms. The summed E-state index contributed by atoms with van der Waals surface area (Å²) >= 11 is 5.88. The summed E-state index contributed by atoms with van der Waals surface area (Å²) in [5.74, 6) is 0.824. The van der Waals surface area contributed by atoms with Crippen LogP contribution in [0.5, 0.6) is 5.75 Å². The van der Waals surface area contributed by atoms with Crippen molar-refractivity contribution in [2.24, 2.45) is 0 Å². The molecular formula is C21H22ClN5O4. The molecule has 0 radical (unpaired) electrons. The number of halogens is 1. The van der Waals surface area contributed by atoms with Crippen LogP contribution in [0.2, 0.25) is 5.02 Å². The molecular weight excluding hydrogens is 422 g/mol. The van der Waals surface area contributed by atoms with Gasteiger partial charge in [-0.05, 0) is 42.0 Å². The average molecular weight is 444 g/mol. The molecule has 9 nitrogen and oxygen atoms in total. The van der Waals surface area contributed by atoms with Gasteiger partial charge in [-0.2, -0.15) is 0 Å². The first-order valence-electron chi connectivity index (χ1n) is 9.45. The molecule has 0 bridgehead atoms. The van der Waals surface area contributed by atoms with Crippen molar-refractivity contribution in [3.8, 4) is 5.75 Å². The Bertz CT molecular complexity index is 1020. The van der Waals surface area contributed by atoms with E-state index in [-0.39, 0.29) is 24.1 Å². The number of methoxy groups -OCH3 is 1. The molecule has 1 aromatic heterocycles. The zero-order valence-electron chi connectivity index (χ0n) is 17.0. The molecule has 0 aliphatic rings. The van der Waals surface area contributed by atoms with Gasteiger partial charge < -0.3 is 25.1 Å². The second-order valence-electron chi connectivity index (χ2n) is 6.59. The Hall–Kier alpha value is -3.59. The van der Waals surface area contributed by atoms with E-state index < -0.39 is 12.1 Å². The molecule has 1 heterocycles. The maximum atomic E-state index is 12.6. The molecule has 3 amide bonds. The number of amides is 3. The van der Waals surface area contributed by atoms with E-state index in [1.807, 2.05) is 24.3 Å². The van der Waals surface area contributed by atoms with Gasteiger partial charge in [-0.3, -0.25) is 4.79 Å². The van der Waals surface area contributed by atoms with Gasteiger partial charge in [-0.15, -0.1) is 10.2 Å². The zero-order chi connectivity index (χ0) is 22.2. The van der Waals surface area contributed by atoms with Gasteiger partial charge in [0.15, 0.2) is 0 Å². The molecule has 0 fully saturated rings. The Balaban J connectivity index is 1.76. The number of nitrogens with one attached hydrogen (secondary N) is 3. The highest BCUT2D eigenvalue weighted by atomic mass is 35.5. The number of rotatable bonds is 8. The molecule has 3 rings (SSSR count). The van der Waals surface area contributed by atoms with E-state index in [9.17, 15) is 9.59 Å². The Morgan fingerprint density at radius 1 is 1.10 bits per heavy atom. The van der Waals surface area contributed by atoms with Gasteiger partial charge in [0.2, 0.25) is 17.7 Å². The van der Waals surface area contributed by atoms with Crippen LogP contribution in [0.25, 0.3) is 0 Å². The first-order valence-corrected chi connectivity index (χ1v) is 9.83. The van der Waals surface area contributed by atoms with Crippen molar-refractivity contribution in [3.63, 3.8) is 0 Å². The van der Waals surface area contributed by atoms with E-state index in [0.29, 0.717) is 17.1 Å². The minimum absolute atomic E-state index is 0.0459. The van der Waals surface area contributed by atoms with E-state index in [2.05, 4.69) is 26.1 Å². The molecule has 3 aromatic rings. The molecule has 0 aliphatic carbocycles. The normalized spacial score (nSPS) is 11.5. The second-order valence-corrected chi connectivity index (χ2v) is 7.03. The van der Waals surface area contributed by atoms with Crippen LogP contribution in [0.3, 0.4) is 0 Å². The second kappa shape index (κ2) is 10.4. The fraction of sp³-hybridized carbons (Fsp3) is 0.238. The number of anilines is 1. The summed E-state index contributed by atoms with van der Waals surface area (Å²) < 4.78 is 10.8. The van der Waals surface area contributed by atoms with Crippen LogP contribution in [0, 0.1) is 0 Å². The van der Waals surface area contributed by atoms with Crippen molar-refractivity contribution >= 4 is 29.2 Å². The standard InChI is InChI=1S/C21H22ClN5O4/c1-23-18(28)12-19-26-27-20(31-19)17(11-13-3-9-16(30-2)10-4-13)25-21(29)24-15-7-5-14(22)6-8-15/h3-10,17H,11-12H2,1-2H3,(H,23,28)(H2,24,25,29). The third kappa shape index (κ3) is 6.45. The van der Waals surface area contributed by atoms with Gasteiger partial charge in [-0.25, -0.2) is 4.79 Å². The summed E-state index contributed by atoms with van der Waals surface area (Å²) in [6.07, 6.45) is 0.343. The highest BCUT2D eigenvalue weighted by Gasteiger charge is 2.22. The SMILES string of the molecule is CNC(=O)Cc1nnc(C(Cc2ccc(OC)cc2)NC(=O)Nc2ccc(Cl)cc2)o1. The third-order valence-corrected chi connectivity index (χ3v) is 4.63. The van der Waals surface area contributed by atoms with E-state index in [4.69, 9.17) is 20.8 Å². The first-order chi connectivity index (χ1) is 15.0. The van der Waals surface area contributed by atoms with Gasteiger partial charge in [-0.1, -0.05) is 23.7 Å². The predicted molar refractivity (Wildman–Crippen MR) is 115 cm³/mol. The predicted octanol–water partition coefficient (Wildman–Crippen LogP) is 3.13. The molecule has 1 atom stereocenters. The monoisotopic (exact) mass is 443 g/mol. The summed E-state index contributed by atoms with van der Waals surface area (Å²) in [4.78, 5) is 24.2. The fourth-order valence-corrected chi connectivity index (χ4v) is 2.89. The van der Waals surface area contributed by atoms with E-state index in [0.717, 1.165) is 11.3 Å². The van der Waals surface area contributed by atoms with Crippen molar-refractivity contribution < 1.29 is 18.7 Å². The highest BCUT2D eigenvalue weighted by Crippen LogP contribution is 2.21. The van der Waals surface area contributed by atoms with E-state index >= 15 is 0 Å². The number of carbonyl (C=O) groups is 2. The summed E-state index contributed by atoms with van der Waals surface area (Å²) in [6.45, 7) is 0. The number of hydrogen-bond acceptors (Lipinski definition) is 6. The summed E-state index contributed by atoms with van der Waals surface area (Å²) in [6, 6.07) is 13.1. The zero-order valence-corrected chi connectivity index (χ0v) is 17.8. The molecule has 0 saturated heterocycles. The van der Waals surface area contributed by atoms with Crippen molar-refractivity contribution in [2.75, 3.05) is 19.5 Å². The lowest BCUT2D eigenvalue weighted by Crippen LogP contribution is -2.34. The van der Waals surface area contributed by atoms with E-state index in [1.54, 1.807) is 31.4 Å². The van der Waals surface area contributed by atoms with Crippen molar-refractivity contribution in [1.82, 2.24) is 20.8 Å². The quantitative estimate of drug-likeness (QED) is 0.492. The fourth-order valence-electron chi connectivity index (χ4n) is 2.76. The summed E-state index contributed by atoms with van der Waals surface area (Å²) in [5, 5.41) is 16.6. The molecule has 0 spiro atoms.